The summed E-state index contributed by atoms with van der Waals surface area (Å²) in [6, 6.07) is 0. The molecule has 4 heteroatoms. The Morgan fingerprint density at radius 2 is 2.64 bits per heavy atom. The molecule has 0 bridgehead atoms. The summed E-state index contributed by atoms with van der Waals surface area (Å²) in [5.41, 5.74) is 1.72. The normalized spacial score (nSPS) is 12.8. The Balaban J connectivity index is 2.56. The smallest absolute Gasteiger partial charge is 0.303 e. The Labute approximate surface area is 68.7 Å². The van der Waals surface area contributed by atoms with Gasteiger partial charge in [0.05, 0.1) is 11.9 Å². The van der Waals surface area contributed by atoms with Gasteiger partial charge in [-0.05, 0) is 0 Å². The maximum atomic E-state index is 10.3. The van der Waals surface area contributed by atoms with Crippen LogP contribution in [0.4, 0.5) is 0 Å². The van der Waals surface area contributed by atoms with Crippen LogP contribution in [0.15, 0.2) is 11.7 Å². The molecule has 0 saturated carbocycles. The predicted octanol–water partition coefficient (Wildman–Crippen LogP) is 1.72. The second kappa shape index (κ2) is 3.48. The molecule has 1 heterocycles. The maximum absolute atomic E-state index is 10.3. The summed E-state index contributed by atoms with van der Waals surface area (Å²) in [6.45, 7) is 1.89. The molecule has 0 aromatic carbocycles. The van der Waals surface area contributed by atoms with E-state index in [9.17, 15) is 4.79 Å². The Bertz CT molecular complexity index is 233. The van der Waals surface area contributed by atoms with E-state index in [1.807, 2.05) is 6.92 Å². The monoisotopic (exact) mass is 171 g/mol. The number of carboxylic acid groups (broad SMARTS) is 1. The maximum Gasteiger partial charge on any atom is 0.303 e. The van der Waals surface area contributed by atoms with Crippen molar-refractivity contribution in [3.63, 3.8) is 0 Å². The highest BCUT2D eigenvalue weighted by Crippen LogP contribution is 2.21. The molecule has 0 aliphatic heterocycles. The van der Waals surface area contributed by atoms with Gasteiger partial charge in [-0.1, -0.05) is 6.92 Å². The van der Waals surface area contributed by atoms with Crippen molar-refractivity contribution in [1.29, 1.82) is 0 Å². The zero-order valence-electron chi connectivity index (χ0n) is 6.15. The van der Waals surface area contributed by atoms with Gasteiger partial charge in [-0.3, -0.25) is 9.78 Å². The van der Waals surface area contributed by atoms with Gasteiger partial charge in [0.15, 0.2) is 0 Å². The van der Waals surface area contributed by atoms with E-state index >= 15 is 0 Å². The zero-order valence-corrected chi connectivity index (χ0v) is 6.97. The topological polar surface area (TPSA) is 50.2 Å². The highest BCUT2D eigenvalue weighted by Gasteiger charge is 2.10. The zero-order chi connectivity index (χ0) is 8.27. The summed E-state index contributed by atoms with van der Waals surface area (Å²) in [6.07, 6.45) is 1.90. The van der Waals surface area contributed by atoms with Crippen LogP contribution in [0.3, 0.4) is 0 Å². The van der Waals surface area contributed by atoms with Crippen LogP contribution < -0.4 is 0 Å². The summed E-state index contributed by atoms with van der Waals surface area (Å²) in [5, 5.41) is 8.47. The van der Waals surface area contributed by atoms with Crippen LogP contribution in [0.25, 0.3) is 0 Å². The molecule has 0 saturated heterocycles. The molecule has 0 amide bonds. The van der Waals surface area contributed by atoms with Crippen molar-refractivity contribution in [2.45, 2.75) is 19.3 Å². The van der Waals surface area contributed by atoms with Gasteiger partial charge < -0.3 is 5.11 Å². The van der Waals surface area contributed by atoms with E-state index in [0.717, 1.165) is 4.88 Å². The Morgan fingerprint density at radius 1 is 1.91 bits per heavy atom. The number of carboxylic acids is 1. The third-order valence-corrected chi connectivity index (χ3v) is 2.42. The average molecular weight is 171 g/mol. The number of hydrogen-bond donors (Lipinski definition) is 1. The minimum Gasteiger partial charge on any atom is -0.481 e. The van der Waals surface area contributed by atoms with Crippen molar-refractivity contribution in [2.75, 3.05) is 0 Å². The summed E-state index contributed by atoms with van der Waals surface area (Å²) >= 11 is 1.50. The third-order valence-electron chi connectivity index (χ3n) is 1.42. The number of aromatic nitrogens is 1. The first-order chi connectivity index (χ1) is 5.20. The molecule has 1 aromatic heterocycles. The number of nitrogens with zero attached hydrogens (tertiary/aromatic N) is 1. The molecule has 60 valence electrons. The second-order valence-electron chi connectivity index (χ2n) is 2.40. The third kappa shape index (κ3) is 2.31. The summed E-state index contributed by atoms with van der Waals surface area (Å²) in [7, 11) is 0. The van der Waals surface area contributed by atoms with E-state index < -0.39 is 5.97 Å². The molecule has 0 aliphatic carbocycles. The molecule has 0 fully saturated rings. The lowest BCUT2D eigenvalue weighted by Gasteiger charge is -2.02. The van der Waals surface area contributed by atoms with Crippen molar-refractivity contribution in [3.8, 4) is 0 Å². The molecule has 11 heavy (non-hydrogen) atoms. The van der Waals surface area contributed by atoms with Crippen LogP contribution in [0.1, 0.15) is 24.1 Å². The van der Waals surface area contributed by atoms with Gasteiger partial charge in [0, 0.05) is 17.0 Å². The molecular formula is C7H9NO2S. The van der Waals surface area contributed by atoms with E-state index in [2.05, 4.69) is 4.98 Å². The van der Waals surface area contributed by atoms with Gasteiger partial charge in [0.2, 0.25) is 0 Å². The van der Waals surface area contributed by atoms with Gasteiger partial charge >= 0.3 is 5.97 Å². The number of hydrogen-bond acceptors (Lipinski definition) is 3. The summed E-state index contributed by atoms with van der Waals surface area (Å²) in [4.78, 5) is 15.2. The average Bonchev–Trinajstić information content (AvgIpc) is 2.35. The predicted molar refractivity (Wildman–Crippen MR) is 42.8 cm³/mol. The van der Waals surface area contributed by atoms with Crippen molar-refractivity contribution in [2.24, 2.45) is 0 Å². The van der Waals surface area contributed by atoms with E-state index in [-0.39, 0.29) is 12.3 Å². The molecule has 1 aromatic rings. The van der Waals surface area contributed by atoms with E-state index in [1.165, 1.54) is 11.3 Å². The number of thiazole rings is 1. The fourth-order valence-corrected chi connectivity index (χ4v) is 1.51. The van der Waals surface area contributed by atoms with Crippen molar-refractivity contribution in [1.82, 2.24) is 4.98 Å². The molecular weight excluding hydrogens is 162 g/mol. The first-order valence-electron chi connectivity index (χ1n) is 3.30. The van der Waals surface area contributed by atoms with Crippen molar-refractivity contribution >= 4 is 17.3 Å². The standard InChI is InChI=1S/C7H9NO2S/c1-5(2-7(9)10)6-3-8-4-11-6/h3-5H,2H2,1H3,(H,9,10). The van der Waals surface area contributed by atoms with Crippen LogP contribution in [0.2, 0.25) is 0 Å². The van der Waals surface area contributed by atoms with Crippen LogP contribution in [-0.2, 0) is 4.79 Å². The summed E-state index contributed by atoms with van der Waals surface area (Å²) in [5.74, 6) is -0.675. The molecule has 1 atom stereocenters. The first-order valence-corrected chi connectivity index (χ1v) is 4.18. The summed E-state index contributed by atoms with van der Waals surface area (Å²) < 4.78 is 0. The van der Waals surface area contributed by atoms with E-state index in [4.69, 9.17) is 5.11 Å². The molecule has 0 radical (unpaired) electrons. The number of aliphatic carboxylic acids is 1. The highest BCUT2D eigenvalue weighted by atomic mass is 32.1. The van der Waals surface area contributed by atoms with Crippen LogP contribution >= 0.6 is 11.3 Å². The highest BCUT2D eigenvalue weighted by molar-refractivity contribution is 7.09. The fraction of sp³-hybridized carbons (Fsp3) is 0.429. The second-order valence-corrected chi connectivity index (χ2v) is 3.32. The lowest BCUT2D eigenvalue weighted by atomic mass is 10.1. The Kier molecular flexibility index (Phi) is 2.59. The minimum atomic E-state index is -0.758. The molecule has 1 N–H and O–H groups in total. The fourth-order valence-electron chi connectivity index (χ4n) is 0.832. The Hall–Kier alpha value is -0.900. The van der Waals surface area contributed by atoms with Crippen LogP contribution in [0.5, 0.6) is 0 Å². The first kappa shape index (κ1) is 8.20. The van der Waals surface area contributed by atoms with E-state index in [1.54, 1.807) is 11.7 Å². The van der Waals surface area contributed by atoms with Crippen LogP contribution in [0, 0.1) is 0 Å². The SMILES string of the molecule is CC(CC(=O)O)c1cncs1. The molecule has 1 unspecified atom stereocenters. The molecule has 1 rings (SSSR count). The largest absolute Gasteiger partial charge is 0.481 e. The van der Waals surface area contributed by atoms with Gasteiger partial charge in [0.25, 0.3) is 0 Å². The van der Waals surface area contributed by atoms with Gasteiger partial charge in [-0.2, -0.15) is 0 Å². The van der Waals surface area contributed by atoms with E-state index in [0.29, 0.717) is 0 Å². The van der Waals surface area contributed by atoms with Gasteiger partial charge in [-0.15, -0.1) is 11.3 Å². The Morgan fingerprint density at radius 3 is 3.09 bits per heavy atom. The van der Waals surface area contributed by atoms with Crippen LogP contribution in [-0.4, -0.2) is 16.1 Å². The molecule has 3 nitrogen and oxygen atoms in total. The number of rotatable bonds is 3. The lowest BCUT2D eigenvalue weighted by molar-refractivity contribution is -0.137. The van der Waals surface area contributed by atoms with Crippen molar-refractivity contribution in [3.05, 3.63) is 16.6 Å². The quantitative estimate of drug-likeness (QED) is 0.753. The van der Waals surface area contributed by atoms with Gasteiger partial charge in [-0.25, -0.2) is 0 Å². The number of carbonyl (C=O) groups is 1. The minimum absolute atomic E-state index is 0.0833. The van der Waals surface area contributed by atoms with Gasteiger partial charge in [0.1, 0.15) is 0 Å². The molecule has 0 aliphatic rings. The van der Waals surface area contributed by atoms with Crippen molar-refractivity contribution < 1.29 is 9.90 Å². The lowest BCUT2D eigenvalue weighted by Crippen LogP contribution is -2.00. The molecule has 0 spiro atoms.